The molecule has 2 aromatic carbocycles. The van der Waals surface area contributed by atoms with Gasteiger partial charge < -0.3 is 14.5 Å². The summed E-state index contributed by atoms with van der Waals surface area (Å²) >= 11 is 0. The van der Waals surface area contributed by atoms with Crippen LogP contribution in [0.15, 0.2) is 42.5 Å². The third-order valence-corrected chi connectivity index (χ3v) is 9.39. The topological polar surface area (TPSA) is 85.4 Å². The quantitative estimate of drug-likeness (QED) is 0.449. The molecule has 4 heterocycles. The number of ether oxygens (including phenoxy) is 1. The Kier molecular flexibility index (Phi) is 9.00. The molecular formula is C34H45N5O4. The Hall–Kier alpha value is -3.43. The zero-order chi connectivity index (χ0) is 29.9. The van der Waals surface area contributed by atoms with Crippen molar-refractivity contribution in [2.24, 2.45) is 5.92 Å². The molecule has 0 spiro atoms. The smallest absolute Gasteiger partial charge is 0.255 e. The molecule has 0 aromatic heterocycles. The predicted molar refractivity (Wildman–Crippen MR) is 166 cm³/mol. The molecule has 4 aliphatic heterocycles. The second kappa shape index (κ2) is 13.1. The van der Waals surface area contributed by atoms with Gasteiger partial charge in [0.2, 0.25) is 11.8 Å². The number of rotatable bonds is 9. The zero-order valence-corrected chi connectivity index (χ0v) is 25.6. The lowest BCUT2D eigenvalue weighted by Gasteiger charge is -2.39. The average molecular weight is 588 g/mol. The number of hydrogen-bond donors (Lipinski definition) is 1. The summed E-state index contributed by atoms with van der Waals surface area (Å²) in [6.07, 6.45) is 4.11. The summed E-state index contributed by atoms with van der Waals surface area (Å²) in [5.74, 6) is 0.628. The molecule has 1 N–H and O–H groups in total. The molecule has 0 bridgehead atoms. The lowest BCUT2D eigenvalue weighted by molar-refractivity contribution is -0.136. The van der Waals surface area contributed by atoms with Crippen molar-refractivity contribution >= 4 is 23.4 Å². The van der Waals surface area contributed by atoms with Crippen LogP contribution in [0.2, 0.25) is 0 Å². The molecular weight excluding hydrogens is 542 g/mol. The van der Waals surface area contributed by atoms with Crippen LogP contribution in [-0.2, 0) is 22.7 Å². The van der Waals surface area contributed by atoms with Crippen molar-refractivity contribution in [1.29, 1.82) is 0 Å². The second-order valence-electron chi connectivity index (χ2n) is 13.0. The van der Waals surface area contributed by atoms with Gasteiger partial charge in [-0.25, -0.2) is 0 Å². The van der Waals surface area contributed by atoms with E-state index in [9.17, 15) is 14.4 Å². The second-order valence-corrected chi connectivity index (χ2v) is 13.0. The number of hydrogen-bond acceptors (Lipinski definition) is 7. The first-order valence-electron chi connectivity index (χ1n) is 16.1. The predicted octanol–water partition coefficient (Wildman–Crippen LogP) is 3.66. The minimum atomic E-state index is -0.607. The summed E-state index contributed by atoms with van der Waals surface area (Å²) in [6.45, 7) is 13.1. The van der Waals surface area contributed by atoms with Crippen LogP contribution in [0.5, 0.6) is 5.75 Å². The van der Waals surface area contributed by atoms with Gasteiger partial charge >= 0.3 is 0 Å². The highest BCUT2D eigenvalue weighted by Crippen LogP contribution is 2.31. The Bertz CT molecular complexity index is 1340. The standard InChI is InChI=1S/C34H45N5O4/c1-24(2)20-36-15-17-37(18-16-36)30-9-4-3-7-25(30)21-38-14-6-5-8-27(38)23-43-28-10-11-29-26(19-28)22-39(34(29)42)31-12-13-32(40)35-33(31)41/h3-4,7,9-11,19,24,27,31H,5-6,8,12-18,20-23H2,1-2H3,(H,35,40,41)/t27-,31?/m1/s1. The Morgan fingerprint density at radius 3 is 2.56 bits per heavy atom. The van der Waals surface area contributed by atoms with Crippen LogP contribution in [0, 0.1) is 5.92 Å². The molecule has 4 aliphatic rings. The van der Waals surface area contributed by atoms with Crippen molar-refractivity contribution in [1.82, 2.24) is 20.0 Å². The molecule has 0 saturated carbocycles. The molecule has 230 valence electrons. The summed E-state index contributed by atoms with van der Waals surface area (Å²) in [5.41, 5.74) is 4.23. The number of anilines is 1. The van der Waals surface area contributed by atoms with Crippen molar-refractivity contribution in [2.45, 2.75) is 71.1 Å². The summed E-state index contributed by atoms with van der Waals surface area (Å²) in [5, 5.41) is 2.37. The van der Waals surface area contributed by atoms with E-state index in [1.807, 2.05) is 18.2 Å². The molecule has 1 unspecified atom stereocenters. The van der Waals surface area contributed by atoms with Crippen LogP contribution in [0.4, 0.5) is 5.69 Å². The fourth-order valence-electron chi connectivity index (χ4n) is 7.15. The maximum Gasteiger partial charge on any atom is 0.255 e. The van der Waals surface area contributed by atoms with Crippen LogP contribution in [0.3, 0.4) is 0 Å². The van der Waals surface area contributed by atoms with Crippen molar-refractivity contribution in [3.8, 4) is 5.75 Å². The molecule has 3 amide bonds. The number of benzene rings is 2. The SMILES string of the molecule is CC(C)CN1CCN(c2ccccc2CN2CCCC[C@@H]2COc2ccc3c(c2)CN(C2CCC(=O)NC2=O)C3=O)CC1. The minimum absolute atomic E-state index is 0.158. The molecule has 9 heteroatoms. The number of fused-ring (bicyclic) bond motifs is 1. The first kappa shape index (κ1) is 29.6. The Labute approximate surface area is 255 Å². The summed E-state index contributed by atoms with van der Waals surface area (Å²) in [7, 11) is 0. The van der Waals surface area contributed by atoms with Crippen LogP contribution < -0.4 is 15.0 Å². The highest BCUT2D eigenvalue weighted by molar-refractivity contribution is 6.05. The van der Waals surface area contributed by atoms with Gasteiger partial charge in [0.1, 0.15) is 18.4 Å². The first-order valence-corrected chi connectivity index (χ1v) is 16.1. The number of imide groups is 1. The lowest BCUT2D eigenvalue weighted by Crippen LogP contribution is -2.52. The first-order chi connectivity index (χ1) is 20.9. The highest BCUT2D eigenvalue weighted by atomic mass is 16.5. The molecule has 43 heavy (non-hydrogen) atoms. The molecule has 0 aliphatic carbocycles. The summed E-state index contributed by atoms with van der Waals surface area (Å²) in [6, 6.07) is 14.2. The maximum absolute atomic E-state index is 13.1. The number of piperazine rings is 1. The molecule has 3 saturated heterocycles. The monoisotopic (exact) mass is 587 g/mol. The number of carbonyl (C=O) groups excluding carboxylic acids is 3. The molecule has 0 radical (unpaired) electrons. The van der Waals surface area contributed by atoms with Crippen molar-refractivity contribution in [3.05, 3.63) is 59.2 Å². The number of nitrogens with one attached hydrogen (secondary N) is 1. The van der Waals surface area contributed by atoms with Gasteiger partial charge in [0.25, 0.3) is 5.91 Å². The largest absolute Gasteiger partial charge is 0.492 e. The molecule has 6 rings (SSSR count). The van der Waals surface area contributed by atoms with Crippen molar-refractivity contribution < 1.29 is 19.1 Å². The van der Waals surface area contributed by atoms with E-state index in [1.54, 1.807) is 4.90 Å². The normalized spacial score (nSPS) is 23.6. The fraction of sp³-hybridized carbons (Fsp3) is 0.559. The van der Waals surface area contributed by atoms with Gasteiger partial charge in [0, 0.05) is 69.5 Å². The minimum Gasteiger partial charge on any atom is -0.492 e. The van der Waals surface area contributed by atoms with Gasteiger partial charge in [0.05, 0.1) is 0 Å². The third kappa shape index (κ3) is 6.73. The van der Waals surface area contributed by atoms with Gasteiger partial charge in [-0.3, -0.25) is 29.5 Å². The Morgan fingerprint density at radius 2 is 1.77 bits per heavy atom. The number of piperidine rings is 2. The van der Waals surface area contributed by atoms with E-state index in [0.29, 0.717) is 37.1 Å². The number of amides is 3. The van der Waals surface area contributed by atoms with Gasteiger partial charge in [-0.05, 0) is 67.1 Å². The van der Waals surface area contributed by atoms with E-state index in [-0.39, 0.29) is 24.1 Å². The number of nitrogens with zero attached hydrogens (tertiary/aromatic N) is 4. The fourth-order valence-corrected chi connectivity index (χ4v) is 7.15. The Morgan fingerprint density at radius 1 is 0.953 bits per heavy atom. The summed E-state index contributed by atoms with van der Waals surface area (Å²) in [4.78, 5) is 46.3. The van der Waals surface area contributed by atoms with Crippen LogP contribution in [-0.4, -0.2) is 90.4 Å². The zero-order valence-electron chi connectivity index (χ0n) is 25.6. The molecule has 2 aromatic rings. The van der Waals surface area contributed by atoms with Gasteiger partial charge in [0.15, 0.2) is 0 Å². The summed E-state index contributed by atoms with van der Waals surface area (Å²) < 4.78 is 6.37. The van der Waals surface area contributed by atoms with E-state index < -0.39 is 6.04 Å². The van der Waals surface area contributed by atoms with Crippen LogP contribution in [0.1, 0.15) is 67.4 Å². The average Bonchev–Trinajstić information content (AvgIpc) is 3.32. The maximum atomic E-state index is 13.1. The van der Waals surface area contributed by atoms with Gasteiger partial charge in [-0.2, -0.15) is 0 Å². The highest BCUT2D eigenvalue weighted by Gasteiger charge is 2.39. The van der Waals surface area contributed by atoms with E-state index in [2.05, 4.69) is 58.1 Å². The number of carbonyl (C=O) groups is 3. The van der Waals surface area contributed by atoms with Gasteiger partial charge in [-0.15, -0.1) is 0 Å². The Balaban J connectivity index is 1.08. The number of likely N-dealkylation sites (tertiary alicyclic amines) is 1. The molecule has 9 nitrogen and oxygen atoms in total. The van der Waals surface area contributed by atoms with Crippen LogP contribution in [0.25, 0.3) is 0 Å². The molecule has 2 atom stereocenters. The van der Waals surface area contributed by atoms with E-state index in [4.69, 9.17) is 4.74 Å². The molecule has 3 fully saturated rings. The van der Waals surface area contributed by atoms with E-state index >= 15 is 0 Å². The van der Waals surface area contributed by atoms with Crippen LogP contribution >= 0.6 is 0 Å². The lowest BCUT2D eigenvalue weighted by atomic mass is 10.0. The van der Waals surface area contributed by atoms with E-state index in [1.165, 1.54) is 30.6 Å². The number of para-hydroxylation sites is 1. The van der Waals surface area contributed by atoms with Gasteiger partial charge in [-0.1, -0.05) is 38.5 Å². The van der Waals surface area contributed by atoms with Crippen molar-refractivity contribution in [2.75, 3.05) is 50.8 Å². The van der Waals surface area contributed by atoms with Crippen molar-refractivity contribution in [3.63, 3.8) is 0 Å². The third-order valence-electron chi connectivity index (χ3n) is 9.39. The van der Waals surface area contributed by atoms with E-state index in [0.717, 1.165) is 57.0 Å².